The monoisotopic (exact) mass is 293 g/mol. The number of carboxylic acid groups (broad SMARTS) is 1. The molecule has 1 N–H and O–H groups in total. The van der Waals surface area contributed by atoms with E-state index in [1.165, 1.54) is 6.42 Å². The van der Waals surface area contributed by atoms with E-state index in [-0.39, 0.29) is 11.9 Å². The van der Waals surface area contributed by atoms with Gasteiger partial charge in [-0.3, -0.25) is 4.79 Å². The molecule has 2 aliphatic rings. The normalized spacial score (nSPS) is 29.2. The van der Waals surface area contributed by atoms with Crippen molar-refractivity contribution in [1.82, 2.24) is 4.90 Å². The Bertz CT molecular complexity index is 499. The molecule has 0 aromatic carbocycles. The summed E-state index contributed by atoms with van der Waals surface area (Å²) >= 11 is 1.57. The third kappa shape index (κ3) is 2.46. The number of hydrogen-bond donors (Lipinski definition) is 1. The molecule has 1 aliphatic carbocycles. The van der Waals surface area contributed by atoms with Crippen LogP contribution in [-0.2, 0) is 16.0 Å². The molecule has 20 heavy (non-hydrogen) atoms. The van der Waals surface area contributed by atoms with Crippen LogP contribution in [-0.4, -0.2) is 34.0 Å². The van der Waals surface area contributed by atoms with Crippen molar-refractivity contribution >= 4 is 23.2 Å². The third-order valence-corrected chi connectivity index (χ3v) is 5.33. The van der Waals surface area contributed by atoms with Crippen molar-refractivity contribution in [2.75, 3.05) is 0 Å². The van der Waals surface area contributed by atoms with Crippen LogP contribution in [0.1, 0.15) is 37.7 Å². The Labute approximate surface area is 122 Å². The summed E-state index contributed by atoms with van der Waals surface area (Å²) in [6.45, 7) is 0. The van der Waals surface area contributed by atoms with Crippen LogP contribution in [0.2, 0.25) is 0 Å². The fourth-order valence-electron chi connectivity index (χ4n) is 3.70. The first-order chi connectivity index (χ1) is 9.66. The SMILES string of the molecule is O=C(O)[C@@H]1C[C@@H]2CCCC[C@H]2N1C(=O)Cc1ccsc1. The fourth-order valence-corrected chi connectivity index (χ4v) is 4.37. The maximum absolute atomic E-state index is 12.5. The summed E-state index contributed by atoms with van der Waals surface area (Å²) in [5.41, 5.74) is 0.989. The van der Waals surface area contributed by atoms with Crippen LogP contribution >= 0.6 is 11.3 Å². The lowest BCUT2D eigenvalue weighted by molar-refractivity contribution is -0.149. The first kappa shape index (κ1) is 13.6. The van der Waals surface area contributed by atoms with Crippen molar-refractivity contribution in [3.8, 4) is 0 Å². The van der Waals surface area contributed by atoms with E-state index in [1.807, 2.05) is 16.8 Å². The molecule has 4 nitrogen and oxygen atoms in total. The summed E-state index contributed by atoms with van der Waals surface area (Å²) in [6, 6.07) is 1.47. The van der Waals surface area contributed by atoms with Crippen LogP contribution in [0.3, 0.4) is 0 Å². The highest BCUT2D eigenvalue weighted by atomic mass is 32.1. The Morgan fingerprint density at radius 1 is 1.35 bits per heavy atom. The number of aliphatic carboxylic acids is 1. The van der Waals surface area contributed by atoms with E-state index in [0.29, 0.717) is 18.8 Å². The zero-order chi connectivity index (χ0) is 14.1. The number of carbonyl (C=O) groups is 2. The number of amides is 1. The summed E-state index contributed by atoms with van der Waals surface area (Å²) in [6.07, 6.45) is 5.27. The lowest BCUT2D eigenvalue weighted by Crippen LogP contribution is -2.46. The molecule has 1 aromatic rings. The molecule has 1 saturated heterocycles. The molecule has 2 fully saturated rings. The van der Waals surface area contributed by atoms with Gasteiger partial charge in [0.05, 0.1) is 6.42 Å². The van der Waals surface area contributed by atoms with Crippen LogP contribution < -0.4 is 0 Å². The maximum atomic E-state index is 12.5. The van der Waals surface area contributed by atoms with Crippen molar-refractivity contribution in [1.29, 1.82) is 0 Å². The summed E-state index contributed by atoms with van der Waals surface area (Å²) in [5.74, 6) is -0.487. The molecule has 0 bridgehead atoms. The Morgan fingerprint density at radius 3 is 2.85 bits per heavy atom. The van der Waals surface area contributed by atoms with Crippen LogP contribution in [0.4, 0.5) is 0 Å². The van der Waals surface area contributed by atoms with Crippen LogP contribution in [0.15, 0.2) is 16.8 Å². The predicted octanol–water partition coefficient (Wildman–Crippen LogP) is 2.53. The summed E-state index contributed by atoms with van der Waals surface area (Å²) in [5, 5.41) is 13.3. The van der Waals surface area contributed by atoms with Crippen LogP contribution in [0, 0.1) is 5.92 Å². The number of carboxylic acids is 1. The molecule has 0 radical (unpaired) electrons. The molecule has 0 spiro atoms. The highest BCUT2D eigenvalue weighted by Crippen LogP contribution is 2.40. The Morgan fingerprint density at radius 2 is 2.15 bits per heavy atom. The van der Waals surface area contributed by atoms with E-state index in [9.17, 15) is 14.7 Å². The number of fused-ring (bicyclic) bond motifs is 1. The smallest absolute Gasteiger partial charge is 0.326 e. The Kier molecular flexibility index (Phi) is 3.78. The second kappa shape index (κ2) is 5.56. The molecule has 3 rings (SSSR count). The van der Waals surface area contributed by atoms with Crippen molar-refractivity contribution in [3.63, 3.8) is 0 Å². The van der Waals surface area contributed by atoms with Gasteiger partial charge in [0.1, 0.15) is 6.04 Å². The van der Waals surface area contributed by atoms with Gasteiger partial charge < -0.3 is 10.0 Å². The first-order valence-electron chi connectivity index (χ1n) is 7.22. The quantitative estimate of drug-likeness (QED) is 0.931. The van der Waals surface area contributed by atoms with Gasteiger partial charge in [0.15, 0.2) is 0 Å². The molecule has 1 amide bonds. The van der Waals surface area contributed by atoms with Crippen LogP contribution in [0.5, 0.6) is 0 Å². The van der Waals surface area contributed by atoms with Crippen molar-refractivity contribution in [3.05, 3.63) is 22.4 Å². The minimum Gasteiger partial charge on any atom is -0.480 e. The van der Waals surface area contributed by atoms with Gasteiger partial charge in [-0.05, 0) is 47.6 Å². The molecule has 1 aromatic heterocycles. The van der Waals surface area contributed by atoms with Gasteiger partial charge in [-0.25, -0.2) is 4.79 Å². The fraction of sp³-hybridized carbons (Fsp3) is 0.600. The second-order valence-corrected chi connectivity index (χ2v) is 6.59. The van der Waals surface area contributed by atoms with E-state index in [4.69, 9.17) is 0 Å². The standard InChI is InChI=1S/C15H19NO3S/c17-14(7-10-5-6-20-9-10)16-12-4-2-1-3-11(12)8-13(16)15(18)19/h5-6,9,11-13H,1-4,7-8H2,(H,18,19)/t11-,12+,13-/m0/s1. The number of carbonyl (C=O) groups excluding carboxylic acids is 1. The number of thiophene rings is 1. The lowest BCUT2D eigenvalue weighted by Gasteiger charge is -2.33. The van der Waals surface area contributed by atoms with Crippen LogP contribution in [0.25, 0.3) is 0 Å². The Hall–Kier alpha value is -1.36. The van der Waals surface area contributed by atoms with E-state index in [0.717, 1.165) is 24.8 Å². The number of nitrogens with zero attached hydrogens (tertiary/aromatic N) is 1. The maximum Gasteiger partial charge on any atom is 0.326 e. The van der Waals surface area contributed by atoms with E-state index in [2.05, 4.69) is 0 Å². The number of hydrogen-bond acceptors (Lipinski definition) is 3. The summed E-state index contributed by atoms with van der Waals surface area (Å²) in [4.78, 5) is 25.7. The molecule has 108 valence electrons. The third-order valence-electron chi connectivity index (χ3n) is 4.60. The molecular weight excluding hydrogens is 274 g/mol. The van der Waals surface area contributed by atoms with E-state index in [1.54, 1.807) is 16.2 Å². The molecular formula is C15H19NO3S. The highest BCUT2D eigenvalue weighted by molar-refractivity contribution is 7.07. The van der Waals surface area contributed by atoms with Crippen molar-refractivity contribution < 1.29 is 14.7 Å². The van der Waals surface area contributed by atoms with E-state index >= 15 is 0 Å². The summed E-state index contributed by atoms with van der Waals surface area (Å²) in [7, 11) is 0. The van der Waals surface area contributed by atoms with Gasteiger partial charge >= 0.3 is 5.97 Å². The highest BCUT2D eigenvalue weighted by Gasteiger charge is 2.47. The minimum absolute atomic E-state index is 0.0230. The first-order valence-corrected chi connectivity index (χ1v) is 8.16. The van der Waals surface area contributed by atoms with Crippen molar-refractivity contribution in [2.45, 2.75) is 50.6 Å². The zero-order valence-corrected chi connectivity index (χ0v) is 12.1. The lowest BCUT2D eigenvalue weighted by atomic mass is 9.84. The van der Waals surface area contributed by atoms with Gasteiger partial charge in [0.2, 0.25) is 5.91 Å². The van der Waals surface area contributed by atoms with Gasteiger partial charge in [0, 0.05) is 6.04 Å². The van der Waals surface area contributed by atoms with Crippen molar-refractivity contribution in [2.24, 2.45) is 5.92 Å². The molecule has 1 aliphatic heterocycles. The van der Waals surface area contributed by atoms with E-state index < -0.39 is 12.0 Å². The zero-order valence-electron chi connectivity index (χ0n) is 11.3. The molecule has 2 heterocycles. The largest absolute Gasteiger partial charge is 0.480 e. The average molecular weight is 293 g/mol. The topological polar surface area (TPSA) is 57.6 Å². The Balaban J connectivity index is 1.79. The van der Waals surface area contributed by atoms with Gasteiger partial charge in [0.25, 0.3) is 0 Å². The van der Waals surface area contributed by atoms with Gasteiger partial charge in [-0.1, -0.05) is 12.8 Å². The predicted molar refractivity (Wildman–Crippen MR) is 76.7 cm³/mol. The molecule has 3 atom stereocenters. The molecule has 5 heteroatoms. The average Bonchev–Trinajstić information content (AvgIpc) is 3.04. The molecule has 0 unspecified atom stereocenters. The minimum atomic E-state index is -0.849. The second-order valence-electron chi connectivity index (χ2n) is 5.81. The number of rotatable bonds is 3. The molecule has 1 saturated carbocycles. The van der Waals surface area contributed by atoms with Gasteiger partial charge in [-0.2, -0.15) is 11.3 Å². The van der Waals surface area contributed by atoms with Gasteiger partial charge in [-0.15, -0.1) is 0 Å². The number of likely N-dealkylation sites (tertiary alicyclic amines) is 1. The summed E-state index contributed by atoms with van der Waals surface area (Å²) < 4.78 is 0.